The fourth-order valence-electron chi connectivity index (χ4n) is 2.79. The lowest BCUT2D eigenvalue weighted by atomic mass is 9.85. The van der Waals surface area contributed by atoms with Gasteiger partial charge in [-0.05, 0) is 31.5 Å². The maximum absolute atomic E-state index is 12.2. The number of hydrogen-bond donors (Lipinski definition) is 5. The number of H-pyrrole nitrogens is 4. The summed E-state index contributed by atoms with van der Waals surface area (Å²) in [5.74, 6) is -0.492. The molecule has 0 saturated carbocycles. The first kappa shape index (κ1) is 14.0. The Hall–Kier alpha value is -2.96. The van der Waals surface area contributed by atoms with Crippen molar-refractivity contribution >= 4 is 0 Å². The summed E-state index contributed by atoms with van der Waals surface area (Å²) in [5.41, 5.74) is 2.31. The predicted molar refractivity (Wildman–Crippen MR) is 81.4 cm³/mol. The zero-order valence-electron chi connectivity index (χ0n) is 12.2. The van der Waals surface area contributed by atoms with Crippen LogP contribution in [-0.4, -0.2) is 25.5 Å². The lowest BCUT2D eigenvalue weighted by Crippen LogP contribution is -2.20. The van der Waals surface area contributed by atoms with Gasteiger partial charge in [0.2, 0.25) is 0 Å². The van der Waals surface area contributed by atoms with Gasteiger partial charge < -0.3 is 15.3 Å². The number of aryl methyl sites for hydroxylation is 2. The van der Waals surface area contributed by atoms with Crippen LogP contribution < -0.4 is 11.1 Å². The molecule has 0 spiro atoms. The number of benzene rings is 1. The van der Waals surface area contributed by atoms with E-state index in [-0.39, 0.29) is 16.9 Å². The van der Waals surface area contributed by atoms with Crippen LogP contribution in [0.5, 0.6) is 5.75 Å². The van der Waals surface area contributed by atoms with Crippen molar-refractivity contribution in [3.8, 4) is 5.75 Å². The molecular formula is C15H16N4O3. The molecule has 0 bridgehead atoms. The Morgan fingerprint density at radius 1 is 0.909 bits per heavy atom. The first-order chi connectivity index (χ1) is 10.5. The third kappa shape index (κ3) is 2.16. The highest BCUT2D eigenvalue weighted by atomic mass is 16.3. The van der Waals surface area contributed by atoms with Gasteiger partial charge >= 0.3 is 0 Å². The van der Waals surface area contributed by atoms with Crippen LogP contribution in [0.1, 0.15) is 34.0 Å². The van der Waals surface area contributed by atoms with Gasteiger partial charge in [-0.15, -0.1) is 0 Å². The molecule has 114 valence electrons. The lowest BCUT2D eigenvalue weighted by molar-refractivity contribution is 0.474. The van der Waals surface area contributed by atoms with Crippen LogP contribution in [0.2, 0.25) is 0 Å². The second kappa shape index (κ2) is 5.10. The number of phenols is 1. The van der Waals surface area contributed by atoms with E-state index in [0.29, 0.717) is 28.1 Å². The van der Waals surface area contributed by atoms with Crippen molar-refractivity contribution < 1.29 is 5.11 Å². The summed E-state index contributed by atoms with van der Waals surface area (Å²) in [4.78, 5) is 24.4. The number of hydrogen-bond acceptors (Lipinski definition) is 3. The van der Waals surface area contributed by atoms with Crippen molar-refractivity contribution in [3.63, 3.8) is 0 Å². The minimum absolute atomic E-state index is 0.0803. The number of aromatic hydroxyl groups is 1. The predicted octanol–water partition coefficient (Wildman–Crippen LogP) is 1.22. The molecule has 5 N–H and O–H groups in total. The number of nitrogens with one attached hydrogen (secondary N) is 4. The van der Waals surface area contributed by atoms with Crippen molar-refractivity contribution in [1.82, 2.24) is 20.4 Å². The molecule has 0 unspecified atom stereocenters. The Bertz CT molecular complexity index is 874. The van der Waals surface area contributed by atoms with Gasteiger partial charge in [-0.25, -0.2) is 0 Å². The van der Waals surface area contributed by atoms with Crippen LogP contribution in [0.3, 0.4) is 0 Å². The van der Waals surface area contributed by atoms with Crippen LogP contribution in [0.25, 0.3) is 0 Å². The maximum Gasteiger partial charge on any atom is 0.268 e. The van der Waals surface area contributed by atoms with E-state index < -0.39 is 5.92 Å². The monoisotopic (exact) mass is 300 g/mol. The number of phenolic OH excluding ortho intramolecular Hbond substituents is 1. The Morgan fingerprint density at radius 2 is 1.45 bits per heavy atom. The lowest BCUT2D eigenvalue weighted by Gasteiger charge is -2.16. The van der Waals surface area contributed by atoms with Crippen molar-refractivity contribution in [1.29, 1.82) is 0 Å². The van der Waals surface area contributed by atoms with E-state index in [1.165, 1.54) is 0 Å². The van der Waals surface area contributed by atoms with Gasteiger partial charge in [0.15, 0.2) is 0 Å². The van der Waals surface area contributed by atoms with Crippen LogP contribution in [0.15, 0.2) is 33.9 Å². The van der Waals surface area contributed by atoms with Crippen LogP contribution in [0.4, 0.5) is 0 Å². The SMILES string of the molecule is Cc1[nH][nH]c(=O)c1C(c1cccc(O)c1)c1c(C)[nH][nH]c1=O. The topological polar surface area (TPSA) is 118 Å². The summed E-state index contributed by atoms with van der Waals surface area (Å²) >= 11 is 0. The first-order valence-corrected chi connectivity index (χ1v) is 6.82. The average Bonchev–Trinajstić information content (AvgIpc) is 2.97. The van der Waals surface area contributed by atoms with Gasteiger partial charge in [-0.1, -0.05) is 12.1 Å². The molecule has 0 amide bonds. The molecule has 2 aromatic heterocycles. The number of aromatic amines is 4. The van der Waals surface area contributed by atoms with E-state index in [1.54, 1.807) is 38.1 Å². The second-order valence-electron chi connectivity index (χ2n) is 5.26. The van der Waals surface area contributed by atoms with E-state index in [4.69, 9.17) is 0 Å². The molecule has 0 aliphatic rings. The molecule has 0 aliphatic carbocycles. The summed E-state index contributed by atoms with van der Waals surface area (Å²) in [6.07, 6.45) is 0. The Balaban J connectivity index is 2.33. The normalized spacial score (nSPS) is 11.2. The van der Waals surface area contributed by atoms with E-state index >= 15 is 0 Å². The smallest absolute Gasteiger partial charge is 0.268 e. The first-order valence-electron chi connectivity index (χ1n) is 6.82. The fourth-order valence-corrected chi connectivity index (χ4v) is 2.79. The minimum Gasteiger partial charge on any atom is -0.508 e. The van der Waals surface area contributed by atoms with Crippen molar-refractivity contribution in [3.05, 3.63) is 73.1 Å². The largest absolute Gasteiger partial charge is 0.508 e. The van der Waals surface area contributed by atoms with Gasteiger partial charge in [0.25, 0.3) is 11.1 Å². The van der Waals surface area contributed by atoms with E-state index in [0.717, 1.165) is 0 Å². The maximum atomic E-state index is 12.2. The molecule has 0 radical (unpaired) electrons. The van der Waals surface area contributed by atoms with Crippen molar-refractivity contribution in [2.24, 2.45) is 0 Å². The van der Waals surface area contributed by atoms with Crippen molar-refractivity contribution in [2.75, 3.05) is 0 Å². The minimum atomic E-state index is -0.572. The van der Waals surface area contributed by atoms with Gasteiger partial charge in [-0.3, -0.25) is 19.8 Å². The Morgan fingerprint density at radius 3 is 1.86 bits per heavy atom. The molecule has 0 fully saturated rings. The molecule has 2 heterocycles. The number of rotatable bonds is 3. The van der Waals surface area contributed by atoms with Gasteiger partial charge in [0, 0.05) is 17.3 Å². The van der Waals surface area contributed by atoms with Crippen LogP contribution in [0, 0.1) is 13.8 Å². The van der Waals surface area contributed by atoms with E-state index in [9.17, 15) is 14.7 Å². The molecule has 3 rings (SSSR count). The molecule has 1 aromatic carbocycles. The van der Waals surface area contributed by atoms with Gasteiger partial charge in [-0.2, -0.15) is 0 Å². The quantitative estimate of drug-likeness (QED) is 0.500. The Labute approximate surface area is 125 Å². The molecular weight excluding hydrogens is 284 g/mol. The highest BCUT2D eigenvalue weighted by Crippen LogP contribution is 2.32. The highest BCUT2D eigenvalue weighted by molar-refractivity contribution is 5.46. The summed E-state index contributed by atoms with van der Waals surface area (Å²) in [6, 6.07) is 6.57. The summed E-state index contributed by atoms with van der Waals surface area (Å²) in [6.45, 7) is 3.53. The zero-order chi connectivity index (χ0) is 15.9. The van der Waals surface area contributed by atoms with Crippen LogP contribution in [-0.2, 0) is 0 Å². The van der Waals surface area contributed by atoms with E-state index in [1.807, 2.05) is 0 Å². The summed E-state index contributed by atoms with van der Waals surface area (Å²) in [5, 5.41) is 20.4. The average molecular weight is 300 g/mol. The molecule has 0 aliphatic heterocycles. The zero-order valence-corrected chi connectivity index (χ0v) is 12.2. The van der Waals surface area contributed by atoms with Crippen molar-refractivity contribution in [2.45, 2.75) is 19.8 Å². The summed E-state index contributed by atoms with van der Waals surface area (Å²) in [7, 11) is 0. The molecule has 0 atom stereocenters. The van der Waals surface area contributed by atoms with Gasteiger partial charge in [0.05, 0.1) is 11.1 Å². The fraction of sp³-hybridized carbons (Fsp3) is 0.200. The highest BCUT2D eigenvalue weighted by Gasteiger charge is 2.28. The third-order valence-corrected chi connectivity index (χ3v) is 3.81. The third-order valence-electron chi connectivity index (χ3n) is 3.81. The van der Waals surface area contributed by atoms with E-state index in [2.05, 4.69) is 20.4 Å². The number of aromatic nitrogens is 4. The molecule has 7 nitrogen and oxygen atoms in total. The van der Waals surface area contributed by atoms with Crippen LogP contribution >= 0.6 is 0 Å². The molecule has 22 heavy (non-hydrogen) atoms. The molecule has 0 saturated heterocycles. The summed E-state index contributed by atoms with van der Waals surface area (Å²) < 4.78 is 0. The molecule has 3 aromatic rings. The standard InChI is InChI=1S/C15H16N4O3/c1-7-11(14(21)18-16-7)13(9-4-3-5-10(20)6-9)12-8(2)17-19-15(12)22/h3-6,13,20H,1-2H3,(H2,16,18,21)(H2,17,19,22). The van der Waals surface area contributed by atoms with Gasteiger partial charge in [0.1, 0.15) is 5.75 Å². The second-order valence-corrected chi connectivity index (χ2v) is 5.26. The molecule has 7 heteroatoms. The Kier molecular flexibility index (Phi) is 3.25.